The van der Waals surface area contributed by atoms with Gasteiger partial charge in [0.2, 0.25) is 0 Å². The van der Waals surface area contributed by atoms with E-state index >= 15 is 0 Å². The second kappa shape index (κ2) is 9.26. The van der Waals surface area contributed by atoms with Gasteiger partial charge in [0.1, 0.15) is 15.8 Å². The van der Waals surface area contributed by atoms with Crippen molar-refractivity contribution >= 4 is 51.7 Å². The van der Waals surface area contributed by atoms with Crippen molar-refractivity contribution in [2.75, 3.05) is 11.9 Å². The van der Waals surface area contributed by atoms with Crippen LogP contribution in [-0.2, 0) is 11.2 Å². The van der Waals surface area contributed by atoms with Gasteiger partial charge in [-0.1, -0.05) is 60.4 Å². The molecule has 0 aliphatic carbocycles. The molecule has 1 aliphatic heterocycles. The number of fused-ring (bicyclic) bond motifs is 1. The largest absolute Gasteiger partial charge is 0.369 e. The number of amides is 1. The summed E-state index contributed by atoms with van der Waals surface area (Å²) >= 11 is 6.60. The molecule has 1 aliphatic rings. The first-order valence-electron chi connectivity index (χ1n) is 10.4. The molecular formula is C24H24N4O2S2. The average molecular weight is 465 g/mol. The van der Waals surface area contributed by atoms with E-state index in [4.69, 9.17) is 12.2 Å². The molecule has 1 amide bonds. The van der Waals surface area contributed by atoms with Crippen molar-refractivity contribution in [1.29, 1.82) is 0 Å². The molecule has 0 spiro atoms. The number of carbonyl (C=O) groups is 1. The van der Waals surface area contributed by atoms with Gasteiger partial charge >= 0.3 is 0 Å². The minimum atomic E-state index is -0.226. The predicted octanol–water partition coefficient (Wildman–Crippen LogP) is 4.27. The molecule has 0 atom stereocenters. The summed E-state index contributed by atoms with van der Waals surface area (Å²) < 4.78 is 2.02. The summed E-state index contributed by atoms with van der Waals surface area (Å²) in [6.45, 7) is 6.36. The second-order valence-electron chi connectivity index (χ2n) is 7.92. The standard InChI is InChI=1S/C24H24N4O2S2/c1-15(2)28-23(30)19(32-24(28)31)13-18-21(25-12-11-17-7-5-4-6-8-17)26-20-10-9-16(3)14-27(20)22(18)29/h4-10,13-15,25H,11-12H2,1-3H3/b19-13+. The predicted molar refractivity (Wildman–Crippen MR) is 135 cm³/mol. The fourth-order valence-corrected chi connectivity index (χ4v) is 5.06. The molecule has 3 aromatic rings. The Kier molecular flexibility index (Phi) is 6.43. The van der Waals surface area contributed by atoms with Gasteiger partial charge in [-0.05, 0) is 50.5 Å². The van der Waals surface area contributed by atoms with Gasteiger partial charge < -0.3 is 5.32 Å². The number of nitrogens with one attached hydrogen (secondary N) is 1. The van der Waals surface area contributed by atoms with E-state index in [0.29, 0.717) is 32.8 Å². The number of thiocarbonyl (C=S) groups is 1. The highest BCUT2D eigenvalue weighted by Crippen LogP contribution is 2.34. The normalized spacial score (nSPS) is 15.4. The number of anilines is 1. The molecule has 0 bridgehead atoms. The van der Waals surface area contributed by atoms with E-state index in [-0.39, 0.29) is 17.5 Å². The highest BCUT2D eigenvalue weighted by molar-refractivity contribution is 8.26. The highest BCUT2D eigenvalue weighted by atomic mass is 32.2. The van der Waals surface area contributed by atoms with Crippen LogP contribution in [0.4, 0.5) is 5.82 Å². The van der Waals surface area contributed by atoms with Crippen molar-refractivity contribution in [1.82, 2.24) is 14.3 Å². The zero-order valence-corrected chi connectivity index (χ0v) is 19.8. The fraction of sp³-hybridized carbons (Fsp3) is 0.250. The number of rotatable bonds is 6. The molecule has 1 N–H and O–H groups in total. The lowest BCUT2D eigenvalue weighted by atomic mass is 10.1. The van der Waals surface area contributed by atoms with E-state index < -0.39 is 0 Å². The molecule has 1 fully saturated rings. The lowest BCUT2D eigenvalue weighted by molar-refractivity contribution is -0.123. The number of carbonyl (C=O) groups excluding carboxylic acids is 1. The minimum Gasteiger partial charge on any atom is -0.369 e. The molecular weight excluding hydrogens is 440 g/mol. The highest BCUT2D eigenvalue weighted by Gasteiger charge is 2.34. The maximum atomic E-state index is 13.4. The summed E-state index contributed by atoms with van der Waals surface area (Å²) in [6, 6.07) is 13.8. The van der Waals surface area contributed by atoms with Crippen molar-refractivity contribution in [3.05, 3.63) is 80.6 Å². The lowest BCUT2D eigenvalue weighted by Gasteiger charge is -2.18. The molecule has 8 heteroatoms. The Morgan fingerprint density at radius 3 is 2.59 bits per heavy atom. The molecule has 1 aromatic carbocycles. The monoisotopic (exact) mass is 464 g/mol. The van der Waals surface area contributed by atoms with Crippen LogP contribution >= 0.6 is 24.0 Å². The summed E-state index contributed by atoms with van der Waals surface area (Å²) in [5.41, 5.74) is 2.81. The maximum absolute atomic E-state index is 13.4. The van der Waals surface area contributed by atoms with Crippen LogP contribution in [0.2, 0.25) is 0 Å². The quantitative estimate of drug-likeness (QED) is 0.434. The SMILES string of the molecule is Cc1ccc2nc(NCCc3ccccc3)c(/C=C3/SC(=S)N(C(C)C)C3=O)c(=O)n2c1. The smallest absolute Gasteiger partial charge is 0.267 e. The van der Waals surface area contributed by atoms with Gasteiger partial charge in [0.25, 0.3) is 11.5 Å². The van der Waals surface area contributed by atoms with E-state index in [2.05, 4.69) is 22.4 Å². The van der Waals surface area contributed by atoms with Crippen molar-refractivity contribution in [3.8, 4) is 0 Å². The van der Waals surface area contributed by atoms with Gasteiger partial charge in [-0.25, -0.2) is 4.98 Å². The van der Waals surface area contributed by atoms with E-state index in [1.165, 1.54) is 21.7 Å². The number of pyridine rings is 1. The summed E-state index contributed by atoms with van der Waals surface area (Å²) in [5, 5.41) is 3.31. The molecule has 2 aromatic heterocycles. The molecule has 0 unspecified atom stereocenters. The van der Waals surface area contributed by atoms with E-state index in [9.17, 15) is 9.59 Å². The molecule has 164 valence electrons. The number of thioether (sulfide) groups is 1. The Bertz CT molecular complexity index is 1280. The van der Waals surface area contributed by atoms with Crippen LogP contribution in [0, 0.1) is 6.92 Å². The number of nitrogens with zero attached hydrogens (tertiary/aromatic N) is 3. The van der Waals surface area contributed by atoms with Crippen LogP contribution < -0.4 is 10.9 Å². The van der Waals surface area contributed by atoms with Crippen LogP contribution in [0.15, 0.2) is 58.4 Å². The van der Waals surface area contributed by atoms with E-state index in [0.717, 1.165) is 12.0 Å². The maximum Gasteiger partial charge on any atom is 0.267 e. The average Bonchev–Trinajstić information content (AvgIpc) is 3.05. The number of hydrogen-bond acceptors (Lipinski definition) is 6. The van der Waals surface area contributed by atoms with Gasteiger partial charge in [-0.15, -0.1) is 0 Å². The van der Waals surface area contributed by atoms with Gasteiger partial charge in [0.15, 0.2) is 0 Å². The molecule has 1 saturated heterocycles. The third kappa shape index (κ3) is 4.47. The third-order valence-corrected chi connectivity index (χ3v) is 6.50. The fourth-order valence-electron chi connectivity index (χ4n) is 3.55. The Morgan fingerprint density at radius 1 is 1.16 bits per heavy atom. The molecule has 0 radical (unpaired) electrons. The Hall–Kier alpha value is -2.97. The van der Waals surface area contributed by atoms with Gasteiger partial charge in [0, 0.05) is 18.8 Å². The summed E-state index contributed by atoms with van der Waals surface area (Å²) in [6.07, 6.45) is 4.16. The van der Waals surface area contributed by atoms with Crippen LogP contribution in [-0.4, -0.2) is 37.1 Å². The Balaban J connectivity index is 1.74. The second-order valence-corrected chi connectivity index (χ2v) is 9.60. The van der Waals surface area contributed by atoms with Crippen molar-refractivity contribution < 1.29 is 4.79 Å². The van der Waals surface area contributed by atoms with Crippen molar-refractivity contribution in [2.24, 2.45) is 0 Å². The summed E-state index contributed by atoms with van der Waals surface area (Å²) in [5.74, 6) is 0.281. The number of aryl methyl sites for hydroxylation is 1. The molecule has 32 heavy (non-hydrogen) atoms. The van der Waals surface area contributed by atoms with E-state index in [1.807, 2.05) is 51.1 Å². The topological polar surface area (TPSA) is 66.7 Å². The first-order valence-corrected chi connectivity index (χ1v) is 11.7. The lowest BCUT2D eigenvalue weighted by Crippen LogP contribution is -2.34. The molecule has 4 rings (SSSR count). The zero-order valence-electron chi connectivity index (χ0n) is 18.2. The molecule has 3 heterocycles. The number of benzene rings is 1. The van der Waals surface area contributed by atoms with Gasteiger partial charge in [-0.2, -0.15) is 0 Å². The third-order valence-electron chi connectivity index (χ3n) is 5.17. The van der Waals surface area contributed by atoms with Gasteiger partial charge in [0.05, 0.1) is 10.5 Å². The molecule has 6 nitrogen and oxygen atoms in total. The Labute approximate surface area is 196 Å². The number of hydrogen-bond donors (Lipinski definition) is 1. The van der Waals surface area contributed by atoms with Crippen LogP contribution in [0.1, 0.15) is 30.5 Å². The zero-order chi connectivity index (χ0) is 22.8. The minimum absolute atomic E-state index is 0.0460. The number of aromatic nitrogens is 2. The van der Waals surface area contributed by atoms with Crippen LogP contribution in [0.25, 0.3) is 11.7 Å². The first kappa shape index (κ1) is 22.2. The molecule has 0 saturated carbocycles. The Morgan fingerprint density at radius 2 is 1.91 bits per heavy atom. The first-order chi connectivity index (χ1) is 15.3. The van der Waals surface area contributed by atoms with Crippen molar-refractivity contribution in [3.63, 3.8) is 0 Å². The summed E-state index contributed by atoms with van der Waals surface area (Å²) in [4.78, 5) is 33.0. The van der Waals surface area contributed by atoms with Crippen LogP contribution in [0.3, 0.4) is 0 Å². The van der Waals surface area contributed by atoms with Crippen molar-refractivity contribution in [2.45, 2.75) is 33.2 Å². The van der Waals surface area contributed by atoms with Gasteiger partial charge in [-0.3, -0.25) is 18.9 Å². The summed E-state index contributed by atoms with van der Waals surface area (Å²) in [7, 11) is 0. The van der Waals surface area contributed by atoms with E-state index in [1.54, 1.807) is 17.2 Å². The van der Waals surface area contributed by atoms with Crippen LogP contribution in [0.5, 0.6) is 0 Å².